The number of unbranched alkanes of at least 4 members (excludes halogenated alkanes) is 6. The fourth-order valence-electron chi connectivity index (χ4n) is 1.27. The van der Waals surface area contributed by atoms with Gasteiger partial charge in [0.15, 0.2) is 0 Å². The molecule has 0 unspecified atom stereocenters. The minimum absolute atomic E-state index is 0.215. The second kappa shape index (κ2) is 9.30. The van der Waals surface area contributed by atoms with E-state index in [9.17, 15) is 9.90 Å². The van der Waals surface area contributed by atoms with Gasteiger partial charge in [0.2, 0.25) is 0 Å². The number of allylic oxidation sites excluding steroid dienone is 1. The van der Waals surface area contributed by atoms with Gasteiger partial charge in [0.1, 0.15) is 0 Å². The minimum Gasteiger partial charge on any atom is -0.550 e. The molecule has 0 saturated heterocycles. The number of rotatable bonds is 9. The Morgan fingerprint density at radius 2 is 1.62 bits per heavy atom. The Hall–Kier alpha value is -0.790. The van der Waals surface area contributed by atoms with Crippen molar-refractivity contribution in [1.82, 2.24) is 0 Å². The van der Waals surface area contributed by atoms with Gasteiger partial charge in [0.05, 0.1) is 0 Å². The van der Waals surface area contributed by atoms with Crippen molar-refractivity contribution in [3.05, 3.63) is 12.7 Å². The van der Waals surface area contributed by atoms with E-state index in [1.165, 1.54) is 19.3 Å². The van der Waals surface area contributed by atoms with Crippen molar-refractivity contribution in [3.63, 3.8) is 0 Å². The smallest absolute Gasteiger partial charge is 0.0414 e. The summed E-state index contributed by atoms with van der Waals surface area (Å²) in [5, 5.41) is 10.1. The third kappa shape index (κ3) is 11.2. The summed E-state index contributed by atoms with van der Waals surface area (Å²) in [5.74, 6) is -0.924. The van der Waals surface area contributed by atoms with E-state index in [1.807, 2.05) is 6.08 Å². The maximum atomic E-state index is 10.1. The second-order valence-electron chi connectivity index (χ2n) is 3.32. The standard InChI is InChI=1S/C11H20O2/c1-2-3-4-5-6-7-8-9-10-11(12)13/h2H,1,3-10H2,(H,12,13)/p-1. The van der Waals surface area contributed by atoms with E-state index in [1.54, 1.807) is 0 Å². The third-order valence-electron chi connectivity index (χ3n) is 2.04. The lowest BCUT2D eigenvalue weighted by molar-refractivity contribution is -0.305. The Labute approximate surface area is 80.7 Å². The molecule has 0 aromatic carbocycles. The molecule has 0 saturated carbocycles. The highest BCUT2D eigenvalue weighted by Crippen LogP contribution is 2.08. The van der Waals surface area contributed by atoms with Gasteiger partial charge in [-0.2, -0.15) is 0 Å². The number of carboxylic acid groups (broad SMARTS) is 1. The molecule has 13 heavy (non-hydrogen) atoms. The van der Waals surface area contributed by atoms with Gasteiger partial charge < -0.3 is 9.90 Å². The van der Waals surface area contributed by atoms with Gasteiger partial charge in [-0.15, -0.1) is 6.58 Å². The molecule has 0 rings (SSSR count). The van der Waals surface area contributed by atoms with E-state index in [-0.39, 0.29) is 6.42 Å². The summed E-state index contributed by atoms with van der Waals surface area (Å²) in [7, 11) is 0. The van der Waals surface area contributed by atoms with Crippen molar-refractivity contribution < 1.29 is 9.90 Å². The molecule has 0 amide bonds. The highest BCUT2D eigenvalue weighted by atomic mass is 16.4. The summed E-state index contributed by atoms with van der Waals surface area (Å²) in [6.45, 7) is 3.66. The topological polar surface area (TPSA) is 40.1 Å². The number of hydrogen-bond acceptors (Lipinski definition) is 2. The zero-order chi connectivity index (χ0) is 9.94. The summed E-state index contributed by atoms with van der Waals surface area (Å²) in [6.07, 6.45) is 9.83. The Balaban J connectivity index is 2.91. The van der Waals surface area contributed by atoms with Crippen LogP contribution in [-0.2, 0) is 4.79 Å². The van der Waals surface area contributed by atoms with Gasteiger partial charge in [0, 0.05) is 5.97 Å². The molecule has 0 aromatic rings. The zero-order valence-corrected chi connectivity index (χ0v) is 8.26. The highest BCUT2D eigenvalue weighted by Gasteiger charge is 1.91. The summed E-state index contributed by atoms with van der Waals surface area (Å²) in [6, 6.07) is 0. The van der Waals surface area contributed by atoms with Crippen molar-refractivity contribution in [3.8, 4) is 0 Å². The SMILES string of the molecule is C=CCCCCCCCCC(=O)[O-]. The molecule has 0 aliphatic carbocycles. The van der Waals surface area contributed by atoms with Crippen molar-refractivity contribution in [1.29, 1.82) is 0 Å². The van der Waals surface area contributed by atoms with Crippen LogP contribution >= 0.6 is 0 Å². The van der Waals surface area contributed by atoms with Crippen LogP contribution < -0.4 is 5.11 Å². The first-order chi connectivity index (χ1) is 6.27. The first-order valence-corrected chi connectivity index (χ1v) is 5.08. The monoisotopic (exact) mass is 183 g/mol. The van der Waals surface area contributed by atoms with Crippen LogP contribution in [0.25, 0.3) is 0 Å². The lowest BCUT2D eigenvalue weighted by Crippen LogP contribution is -2.21. The quantitative estimate of drug-likeness (QED) is 0.405. The minimum atomic E-state index is -0.924. The third-order valence-corrected chi connectivity index (χ3v) is 2.04. The van der Waals surface area contributed by atoms with Crippen molar-refractivity contribution in [2.45, 2.75) is 51.4 Å². The molecule has 0 heterocycles. The van der Waals surface area contributed by atoms with E-state index in [4.69, 9.17) is 0 Å². The van der Waals surface area contributed by atoms with Gasteiger partial charge >= 0.3 is 0 Å². The molecule has 0 aliphatic rings. The average molecular weight is 183 g/mol. The van der Waals surface area contributed by atoms with Crippen LogP contribution in [0.2, 0.25) is 0 Å². The molecule has 2 heteroatoms. The van der Waals surface area contributed by atoms with E-state index >= 15 is 0 Å². The van der Waals surface area contributed by atoms with Crippen LogP contribution in [0.1, 0.15) is 51.4 Å². The molecule has 0 aliphatic heterocycles. The predicted molar refractivity (Wildman–Crippen MR) is 52.1 cm³/mol. The van der Waals surface area contributed by atoms with Crippen LogP contribution in [0.5, 0.6) is 0 Å². The van der Waals surface area contributed by atoms with Crippen LogP contribution in [0.4, 0.5) is 0 Å². The fraction of sp³-hybridized carbons (Fsp3) is 0.727. The molecule has 0 N–H and O–H groups in total. The normalized spacial score (nSPS) is 9.85. The lowest BCUT2D eigenvalue weighted by Gasteiger charge is -2.01. The van der Waals surface area contributed by atoms with E-state index in [0.29, 0.717) is 0 Å². The van der Waals surface area contributed by atoms with Gasteiger partial charge in [-0.25, -0.2) is 0 Å². The van der Waals surface area contributed by atoms with Crippen LogP contribution in [0, 0.1) is 0 Å². The van der Waals surface area contributed by atoms with Crippen LogP contribution in [-0.4, -0.2) is 5.97 Å². The molecule has 0 aromatic heterocycles. The Morgan fingerprint density at radius 3 is 2.15 bits per heavy atom. The summed E-state index contributed by atoms with van der Waals surface area (Å²) < 4.78 is 0. The first-order valence-electron chi connectivity index (χ1n) is 5.08. The van der Waals surface area contributed by atoms with E-state index < -0.39 is 5.97 Å². The largest absolute Gasteiger partial charge is 0.550 e. The maximum absolute atomic E-state index is 10.1. The number of hydrogen-bond donors (Lipinski definition) is 0. The fourth-order valence-corrected chi connectivity index (χ4v) is 1.27. The summed E-state index contributed by atoms with van der Waals surface area (Å²) in [4.78, 5) is 10.1. The van der Waals surface area contributed by atoms with Gasteiger partial charge in [-0.3, -0.25) is 0 Å². The van der Waals surface area contributed by atoms with Crippen molar-refractivity contribution in [2.24, 2.45) is 0 Å². The van der Waals surface area contributed by atoms with E-state index in [0.717, 1.165) is 25.7 Å². The molecular formula is C11H19O2-. The maximum Gasteiger partial charge on any atom is 0.0414 e. The molecule has 0 radical (unpaired) electrons. The van der Waals surface area contributed by atoms with Crippen molar-refractivity contribution >= 4 is 5.97 Å². The number of carboxylic acids is 1. The summed E-state index contributed by atoms with van der Waals surface area (Å²) in [5.41, 5.74) is 0. The van der Waals surface area contributed by atoms with Crippen LogP contribution in [0.15, 0.2) is 12.7 Å². The molecule has 0 fully saturated rings. The second-order valence-corrected chi connectivity index (χ2v) is 3.32. The molecule has 0 bridgehead atoms. The molecule has 76 valence electrons. The predicted octanol–water partition coefficient (Wildman–Crippen LogP) is 2.04. The van der Waals surface area contributed by atoms with Gasteiger partial charge in [-0.05, 0) is 25.7 Å². The Morgan fingerprint density at radius 1 is 1.08 bits per heavy atom. The van der Waals surface area contributed by atoms with Gasteiger partial charge in [-0.1, -0.05) is 31.8 Å². The highest BCUT2D eigenvalue weighted by molar-refractivity contribution is 5.63. The number of aliphatic carboxylic acids is 1. The zero-order valence-electron chi connectivity index (χ0n) is 8.26. The molecule has 0 atom stereocenters. The van der Waals surface area contributed by atoms with E-state index in [2.05, 4.69) is 6.58 Å². The van der Waals surface area contributed by atoms with Gasteiger partial charge in [0.25, 0.3) is 0 Å². The average Bonchev–Trinajstić information content (AvgIpc) is 2.09. The molecular weight excluding hydrogens is 164 g/mol. The first kappa shape index (κ1) is 12.2. The molecule has 2 nitrogen and oxygen atoms in total. The number of carbonyl (C=O) groups excluding carboxylic acids is 1. The Bertz CT molecular complexity index is 141. The Kier molecular flexibility index (Phi) is 8.73. The summed E-state index contributed by atoms with van der Waals surface area (Å²) >= 11 is 0. The number of carbonyl (C=O) groups is 1. The lowest BCUT2D eigenvalue weighted by atomic mass is 10.1. The van der Waals surface area contributed by atoms with Crippen molar-refractivity contribution in [2.75, 3.05) is 0 Å². The van der Waals surface area contributed by atoms with Crippen LogP contribution in [0.3, 0.4) is 0 Å². The molecule has 0 spiro atoms.